The van der Waals surface area contributed by atoms with Crippen molar-refractivity contribution in [3.63, 3.8) is 0 Å². The van der Waals surface area contributed by atoms with Gasteiger partial charge in [-0.25, -0.2) is 0 Å². The first-order valence-electron chi connectivity index (χ1n) is 4.89. The molecule has 0 aliphatic carbocycles. The van der Waals surface area contributed by atoms with Gasteiger partial charge in [0.25, 0.3) is 0 Å². The average Bonchev–Trinajstić information content (AvgIpc) is 2.16. The molecule has 0 spiro atoms. The lowest BCUT2D eigenvalue weighted by molar-refractivity contribution is 0.0160. The van der Waals surface area contributed by atoms with Crippen LogP contribution in [0.1, 0.15) is 20.3 Å². The first kappa shape index (κ1) is 13.8. The van der Waals surface area contributed by atoms with Crippen LogP contribution in [0, 0.1) is 12.3 Å². The molecule has 0 saturated heterocycles. The van der Waals surface area contributed by atoms with Crippen molar-refractivity contribution >= 4 is 11.8 Å². The molecular weight excluding hydrogens is 194 g/mol. The molecule has 0 fully saturated rings. The molecule has 0 aliphatic heterocycles. The highest BCUT2D eigenvalue weighted by molar-refractivity contribution is 7.99. The van der Waals surface area contributed by atoms with Gasteiger partial charge in [-0.2, -0.15) is 0 Å². The van der Waals surface area contributed by atoms with Crippen molar-refractivity contribution in [1.29, 1.82) is 0 Å². The normalized spacial score (nSPS) is 11.3. The van der Waals surface area contributed by atoms with Crippen LogP contribution in [0.25, 0.3) is 0 Å². The predicted octanol–water partition coefficient (Wildman–Crippen LogP) is 1.76. The first-order valence-corrected chi connectivity index (χ1v) is 6.05. The van der Waals surface area contributed by atoms with Crippen LogP contribution in [0.5, 0.6) is 0 Å². The van der Waals surface area contributed by atoms with Crippen LogP contribution in [0.3, 0.4) is 0 Å². The number of hydrogen-bond donors (Lipinski definition) is 1. The quantitative estimate of drug-likeness (QED) is 0.492. The molecule has 0 heterocycles. The van der Waals surface area contributed by atoms with E-state index in [1.165, 1.54) is 0 Å². The van der Waals surface area contributed by atoms with Gasteiger partial charge < -0.3 is 10.1 Å². The Kier molecular flexibility index (Phi) is 8.07. The van der Waals surface area contributed by atoms with Crippen LogP contribution in [0.4, 0.5) is 0 Å². The second-order valence-corrected chi connectivity index (χ2v) is 4.83. The van der Waals surface area contributed by atoms with Gasteiger partial charge in [-0.05, 0) is 26.8 Å². The van der Waals surface area contributed by atoms with E-state index >= 15 is 0 Å². The summed E-state index contributed by atoms with van der Waals surface area (Å²) in [6.07, 6.45) is 6.17. The smallest absolute Gasteiger partial charge is 0.0634 e. The summed E-state index contributed by atoms with van der Waals surface area (Å²) in [5.74, 6) is 4.50. The van der Waals surface area contributed by atoms with E-state index in [4.69, 9.17) is 11.2 Å². The third-order valence-electron chi connectivity index (χ3n) is 2.06. The molecule has 0 amide bonds. The number of thioether (sulfide) groups is 1. The third kappa shape index (κ3) is 8.43. The number of hydrogen-bond acceptors (Lipinski definition) is 3. The van der Waals surface area contributed by atoms with E-state index in [1.807, 2.05) is 0 Å². The lowest BCUT2D eigenvalue weighted by Crippen LogP contribution is -2.29. The van der Waals surface area contributed by atoms with Gasteiger partial charge in [-0.15, -0.1) is 18.2 Å². The van der Waals surface area contributed by atoms with Crippen LogP contribution in [-0.2, 0) is 4.74 Å². The molecule has 0 unspecified atom stereocenters. The Morgan fingerprint density at radius 3 is 2.71 bits per heavy atom. The van der Waals surface area contributed by atoms with Crippen LogP contribution in [0.2, 0.25) is 0 Å². The molecule has 14 heavy (non-hydrogen) atoms. The summed E-state index contributed by atoms with van der Waals surface area (Å²) < 4.78 is 5.31. The van der Waals surface area contributed by atoms with Gasteiger partial charge in [0.15, 0.2) is 0 Å². The second kappa shape index (κ2) is 8.16. The second-order valence-electron chi connectivity index (χ2n) is 3.72. The zero-order chi connectivity index (χ0) is 10.9. The minimum atomic E-state index is -0.0149. The highest BCUT2D eigenvalue weighted by Crippen LogP contribution is 2.11. The fourth-order valence-corrected chi connectivity index (χ4v) is 1.44. The van der Waals surface area contributed by atoms with Crippen molar-refractivity contribution in [2.45, 2.75) is 25.9 Å². The number of nitrogens with one attached hydrogen (secondary N) is 1. The maximum absolute atomic E-state index is 5.31. The van der Waals surface area contributed by atoms with E-state index in [-0.39, 0.29) is 5.60 Å². The number of rotatable bonds is 8. The molecule has 0 radical (unpaired) electrons. The Labute approximate surface area is 92.2 Å². The van der Waals surface area contributed by atoms with Gasteiger partial charge in [-0.1, -0.05) is 5.92 Å². The maximum Gasteiger partial charge on any atom is 0.0634 e. The lowest BCUT2D eigenvalue weighted by Gasteiger charge is -2.22. The summed E-state index contributed by atoms with van der Waals surface area (Å²) in [5, 5.41) is 3.37. The Hall–Kier alpha value is -0.170. The average molecular weight is 215 g/mol. The van der Waals surface area contributed by atoms with E-state index in [9.17, 15) is 0 Å². The summed E-state index contributed by atoms with van der Waals surface area (Å²) in [6.45, 7) is 6.22. The van der Waals surface area contributed by atoms with Crippen molar-refractivity contribution < 1.29 is 4.74 Å². The van der Waals surface area contributed by atoms with Crippen molar-refractivity contribution in [1.82, 2.24) is 5.32 Å². The standard InChI is InChI=1S/C11H21NOS/c1-5-9-14-10-8-12-7-6-11(2,3)13-4/h1,12H,6-10H2,2-4H3. The van der Waals surface area contributed by atoms with Crippen molar-refractivity contribution in [2.24, 2.45) is 0 Å². The number of methoxy groups -OCH3 is 1. The summed E-state index contributed by atoms with van der Waals surface area (Å²) in [5.41, 5.74) is -0.0149. The molecule has 0 aromatic heterocycles. The molecule has 82 valence electrons. The van der Waals surface area contributed by atoms with E-state index in [0.29, 0.717) is 0 Å². The summed E-state index contributed by atoms with van der Waals surface area (Å²) in [4.78, 5) is 0. The minimum absolute atomic E-state index is 0.0149. The Morgan fingerprint density at radius 1 is 1.43 bits per heavy atom. The topological polar surface area (TPSA) is 21.3 Å². The molecule has 0 aromatic rings. The van der Waals surface area contributed by atoms with Crippen molar-refractivity contribution in [2.75, 3.05) is 31.7 Å². The molecule has 1 N–H and O–H groups in total. The minimum Gasteiger partial charge on any atom is -0.379 e. The molecule has 0 bridgehead atoms. The zero-order valence-electron chi connectivity index (χ0n) is 9.43. The molecule has 2 nitrogen and oxygen atoms in total. The van der Waals surface area contributed by atoms with E-state index < -0.39 is 0 Å². The Balaban J connectivity index is 3.18. The Bertz CT molecular complexity index is 175. The lowest BCUT2D eigenvalue weighted by atomic mass is 10.1. The largest absolute Gasteiger partial charge is 0.379 e. The van der Waals surface area contributed by atoms with Crippen LogP contribution >= 0.6 is 11.8 Å². The Morgan fingerprint density at radius 2 is 2.14 bits per heavy atom. The van der Waals surface area contributed by atoms with Gasteiger partial charge in [-0.3, -0.25) is 0 Å². The van der Waals surface area contributed by atoms with E-state index in [2.05, 4.69) is 25.1 Å². The van der Waals surface area contributed by atoms with E-state index in [1.54, 1.807) is 18.9 Å². The van der Waals surface area contributed by atoms with Crippen molar-refractivity contribution in [3.05, 3.63) is 0 Å². The van der Waals surface area contributed by atoms with Crippen LogP contribution in [0.15, 0.2) is 0 Å². The van der Waals surface area contributed by atoms with Gasteiger partial charge >= 0.3 is 0 Å². The fourth-order valence-electron chi connectivity index (χ4n) is 0.892. The highest BCUT2D eigenvalue weighted by Gasteiger charge is 2.14. The van der Waals surface area contributed by atoms with Crippen LogP contribution in [-0.4, -0.2) is 37.3 Å². The first-order chi connectivity index (χ1) is 6.62. The van der Waals surface area contributed by atoms with Crippen molar-refractivity contribution in [3.8, 4) is 12.3 Å². The van der Waals surface area contributed by atoms with Gasteiger partial charge in [0.1, 0.15) is 0 Å². The molecule has 0 aliphatic rings. The summed E-state index contributed by atoms with van der Waals surface area (Å²) in [7, 11) is 1.75. The number of ether oxygens (including phenoxy) is 1. The van der Waals surface area contributed by atoms with Gasteiger partial charge in [0, 0.05) is 19.4 Å². The van der Waals surface area contributed by atoms with Gasteiger partial charge in [0.2, 0.25) is 0 Å². The summed E-state index contributed by atoms with van der Waals surface area (Å²) >= 11 is 1.79. The molecule has 0 atom stereocenters. The number of terminal acetylenes is 1. The summed E-state index contributed by atoms with van der Waals surface area (Å²) in [6, 6.07) is 0. The predicted molar refractivity (Wildman–Crippen MR) is 64.7 cm³/mol. The highest BCUT2D eigenvalue weighted by atomic mass is 32.2. The molecule has 3 heteroatoms. The monoisotopic (exact) mass is 215 g/mol. The van der Waals surface area contributed by atoms with Gasteiger partial charge in [0.05, 0.1) is 11.4 Å². The molecule has 0 rings (SSSR count). The zero-order valence-corrected chi connectivity index (χ0v) is 10.2. The van der Waals surface area contributed by atoms with Crippen LogP contribution < -0.4 is 5.32 Å². The molecule has 0 aromatic carbocycles. The molecular formula is C11H21NOS. The third-order valence-corrected chi connectivity index (χ3v) is 2.93. The maximum atomic E-state index is 5.31. The molecule has 0 saturated carbocycles. The van der Waals surface area contributed by atoms with E-state index in [0.717, 1.165) is 31.0 Å². The fraction of sp³-hybridized carbons (Fsp3) is 0.818. The SMILES string of the molecule is C#CCSCCNCCC(C)(C)OC.